The summed E-state index contributed by atoms with van der Waals surface area (Å²) in [5.41, 5.74) is 5.09. The van der Waals surface area contributed by atoms with E-state index in [1.54, 1.807) is 0 Å². The smallest absolute Gasteiger partial charge is 0.327 e. The van der Waals surface area contributed by atoms with E-state index in [9.17, 15) is 57.1 Å². The standard InChI is InChI=1S/C12H12F13N/c1-4-2-5(6(26)3-4)7(13,14)8(15,16)9(17,18)10(19,20)11(21,22)12(23,24)25/h4-6H,2-3,26H2,1H3. The SMILES string of the molecule is CC1CC(N)C(C(F)(F)C(F)(F)C(F)(F)C(F)(F)C(F)(F)C(F)(F)F)C1. The van der Waals surface area contributed by atoms with Gasteiger partial charge in [-0.05, 0) is 18.8 Å². The van der Waals surface area contributed by atoms with Crippen molar-refractivity contribution in [3.05, 3.63) is 0 Å². The molecule has 0 aromatic rings. The summed E-state index contributed by atoms with van der Waals surface area (Å²) in [5, 5.41) is 0. The molecule has 1 rings (SSSR count). The maximum Gasteiger partial charge on any atom is 0.460 e. The van der Waals surface area contributed by atoms with E-state index in [0.717, 1.165) is 0 Å². The summed E-state index contributed by atoms with van der Waals surface area (Å²) in [6.07, 6.45) is -8.73. The third-order valence-electron chi connectivity index (χ3n) is 4.27. The molecule has 3 atom stereocenters. The molecular formula is C12H12F13N. The quantitative estimate of drug-likeness (QED) is 0.620. The first kappa shape index (κ1) is 23.1. The minimum absolute atomic E-state index is 0.392. The molecule has 0 bridgehead atoms. The zero-order valence-corrected chi connectivity index (χ0v) is 12.6. The van der Waals surface area contributed by atoms with Crippen molar-refractivity contribution in [3.63, 3.8) is 0 Å². The minimum atomic E-state index is -7.86. The zero-order valence-electron chi connectivity index (χ0n) is 12.6. The van der Waals surface area contributed by atoms with E-state index in [1.807, 2.05) is 0 Å². The molecule has 1 saturated carbocycles. The van der Waals surface area contributed by atoms with Gasteiger partial charge >= 0.3 is 35.8 Å². The first-order valence-corrected chi connectivity index (χ1v) is 6.87. The fourth-order valence-corrected chi connectivity index (χ4v) is 2.76. The lowest BCUT2D eigenvalue weighted by molar-refractivity contribution is -0.443. The molecule has 14 heteroatoms. The van der Waals surface area contributed by atoms with Gasteiger partial charge in [0.15, 0.2) is 0 Å². The lowest BCUT2D eigenvalue weighted by atomic mass is 9.85. The van der Waals surface area contributed by atoms with Crippen molar-refractivity contribution >= 4 is 0 Å². The molecular weight excluding hydrogens is 405 g/mol. The van der Waals surface area contributed by atoms with E-state index in [2.05, 4.69) is 0 Å². The van der Waals surface area contributed by atoms with Gasteiger partial charge in [0.2, 0.25) is 0 Å². The Hall–Kier alpha value is -0.950. The molecule has 156 valence electrons. The van der Waals surface area contributed by atoms with Crippen molar-refractivity contribution in [1.29, 1.82) is 0 Å². The van der Waals surface area contributed by atoms with Gasteiger partial charge in [0.05, 0.1) is 0 Å². The second kappa shape index (κ2) is 6.03. The molecule has 1 aliphatic rings. The number of nitrogens with two attached hydrogens (primary N) is 1. The number of alkyl halides is 13. The lowest BCUT2D eigenvalue weighted by Crippen LogP contribution is -2.71. The molecule has 0 saturated heterocycles. The number of hydrogen-bond donors (Lipinski definition) is 1. The van der Waals surface area contributed by atoms with E-state index in [-0.39, 0.29) is 0 Å². The van der Waals surface area contributed by atoms with Crippen molar-refractivity contribution in [1.82, 2.24) is 0 Å². The fraction of sp³-hybridized carbons (Fsp3) is 1.00. The molecule has 2 N–H and O–H groups in total. The van der Waals surface area contributed by atoms with E-state index < -0.39 is 66.5 Å². The van der Waals surface area contributed by atoms with Crippen LogP contribution in [-0.2, 0) is 0 Å². The lowest BCUT2D eigenvalue weighted by Gasteiger charge is -2.41. The molecule has 1 aliphatic carbocycles. The van der Waals surface area contributed by atoms with Crippen LogP contribution in [0.15, 0.2) is 0 Å². The third kappa shape index (κ3) is 2.91. The molecule has 0 spiro atoms. The monoisotopic (exact) mass is 417 g/mol. The first-order chi connectivity index (χ1) is 11.2. The highest BCUT2D eigenvalue weighted by molar-refractivity contribution is 5.12. The highest BCUT2D eigenvalue weighted by Crippen LogP contribution is 2.62. The van der Waals surface area contributed by atoms with Gasteiger partial charge < -0.3 is 5.73 Å². The Morgan fingerprint density at radius 1 is 0.615 bits per heavy atom. The molecule has 0 aromatic carbocycles. The predicted molar refractivity (Wildman–Crippen MR) is 60.7 cm³/mol. The second-order valence-corrected chi connectivity index (χ2v) is 6.27. The van der Waals surface area contributed by atoms with Gasteiger partial charge in [0, 0.05) is 12.0 Å². The molecule has 0 amide bonds. The average molecular weight is 417 g/mol. The highest BCUT2D eigenvalue weighted by Gasteiger charge is 2.91. The Balaban J connectivity index is 3.44. The maximum absolute atomic E-state index is 13.9. The fourth-order valence-electron chi connectivity index (χ4n) is 2.76. The molecule has 26 heavy (non-hydrogen) atoms. The Morgan fingerprint density at radius 3 is 1.31 bits per heavy atom. The van der Waals surface area contributed by atoms with Crippen LogP contribution in [0.2, 0.25) is 0 Å². The summed E-state index contributed by atoms with van der Waals surface area (Å²) in [6.45, 7) is 1.19. The normalized spacial score (nSPS) is 27.1. The predicted octanol–water partition coefficient (Wildman–Crippen LogP) is 5.10. The van der Waals surface area contributed by atoms with Crippen LogP contribution in [0.3, 0.4) is 0 Å². The molecule has 0 heterocycles. The van der Waals surface area contributed by atoms with Gasteiger partial charge in [-0.25, -0.2) is 0 Å². The molecule has 1 fully saturated rings. The van der Waals surface area contributed by atoms with Gasteiger partial charge in [-0.2, -0.15) is 57.1 Å². The van der Waals surface area contributed by atoms with Gasteiger partial charge in [-0.15, -0.1) is 0 Å². The van der Waals surface area contributed by atoms with Crippen molar-refractivity contribution in [2.24, 2.45) is 17.6 Å². The van der Waals surface area contributed by atoms with Crippen LogP contribution >= 0.6 is 0 Å². The van der Waals surface area contributed by atoms with Crippen LogP contribution in [0.1, 0.15) is 19.8 Å². The summed E-state index contributed by atoms with van der Waals surface area (Å²) < 4.78 is 169. The summed E-state index contributed by atoms with van der Waals surface area (Å²) >= 11 is 0. The van der Waals surface area contributed by atoms with Gasteiger partial charge in [0.1, 0.15) is 0 Å². The maximum atomic E-state index is 13.9. The Kier molecular flexibility index (Phi) is 5.35. The largest absolute Gasteiger partial charge is 0.460 e. The topological polar surface area (TPSA) is 26.0 Å². The summed E-state index contributed by atoms with van der Waals surface area (Å²) in [7, 11) is 0. The second-order valence-electron chi connectivity index (χ2n) is 6.27. The van der Waals surface area contributed by atoms with Crippen LogP contribution < -0.4 is 5.73 Å². The summed E-state index contributed by atoms with van der Waals surface area (Å²) in [6, 6.07) is -1.88. The molecule has 0 aromatic heterocycles. The van der Waals surface area contributed by atoms with Crippen molar-refractivity contribution in [3.8, 4) is 0 Å². The van der Waals surface area contributed by atoms with Crippen molar-refractivity contribution in [2.45, 2.75) is 61.6 Å². The molecule has 0 radical (unpaired) electrons. The Labute approximate surface area is 137 Å². The molecule has 3 unspecified atom stereocenters. The first-order valence-electron chi connectivity index (χ1n) is 6.87. The van der Waals surface area contributed by atoms with Gasteiger partial charge in [0.25, 0.3) is 0 Å². The van der Waals surface area contributed by atoms with Gasteiger partial charge in [-0.3, -0.25) is 0 Å². The number of halogens is 13. The highest BCUT2D eigenvalue weighted by atomic mass is 19.4. The van der Waals surface area contributed by atoms with Gasteiger partial charge in [-0.1, -0.05) is 6.92 Å². The van der Waals surface area contributed by atoms with Crippen LogP contribution in [0.4, 0.5) is 57.1 Å². The van der Waals surface area contributed by atoms with Crippen molar-refractivity contribution in [2.75, 3.05) is 0 Å². The van der Waals surface area contributed by atoms with E-state index >= 15 is 0 Å². The number of rotatable bonds is 5. The zero-order chi connectivity index (χ0) is 21.1. The minimum Gasteiger partial charge on any atom is -0.327 e. The Bertz CT molecular complexity index is 524. The summed E-state index contributed by atoms with van der Waals surface area (Å²) in [5.74, 6) is -40.3. The molecule has 1 nitrogen and oxygen atoms in total. The van der Waals surface area contributed by atoms with Crippen molar-refractivity contribution < 1.29 is 57.1 Å². The van der Waals surface area contributed by atoms with Crippen LogP contribution in [0, 0.1) is 11.8 Å². The Morgan fingerprint density at radius 2 is 1.00 bits per heavy atom. The van der Waals surface area contributed by atoms with Crippen LogP contribution in [-0.4, -0.2) is 41.8 Å². The van der Waals surface area contributed by atoms with E-state index in [1.165, 1.54) is 6.92 Å². The number of hydrogen-bond acceptors (Lipinski definition) is 1. The summed E-state index contributed by atoms with van der Waals surface area (Å²) in [4.78, 5) is 0. The third-order valence-corrected chi connectivity index (χ3v) is 4.27. The van der Waals surface area contributed by atoms with Crippen LogP contribution in [0.5, 0.6) is 0 Å². The molecule has 0 aliphatic heterocycles. The van der Waals surface area contributed by atoms with E-state index in [0.29, 0.717) is 0 Å². The van der Waals surface area contributed by atoms with E-state index in [4.69, 9.17) is 5.73 Å². The average Bonchev–Trinajstić information content (AvgIpc) is 2.76. The van der Waals surface area contributed by atoms with Crippen LogP contribution in [0.25, 0.3) is 0 Å².